The summed E-state index contributed by atoms with van der Waals surface area (Å²) in [6, 6.07) is 0. The van der Waals surface area contributed by atoms with Crippen molar-refractivity contribution in [1.29, 1.82) is 0 Å². The summed E-state index contributed by atoms with van der Waals surface area (Å²) >= 11 is 0. The Balaban J connectivity index is 1.91. The molecule has 1 nitrogen and oxygen atoms in total. The van der Waals surface area contributed by atoms with Crippen molar-refractivity contribution in [3.63, 3.8) is 0 Å². The molecule has 0 aromatic rings. The van der Waals surface area contributed by atoms with Gasteiger partial charge in [-0.2, -0.15) is 0 Å². The predicted octanol–water partition coefficient (Wildman–Crippen LogP) is 3.10. The maximum atomic E-state index is 10.6. The molecule has 1 rings (SSSR count). The van der Waals surface area contributed by atoms with E-state index in [0.717, 1.165) is 18.1 Å². The third kappa shape index (κ3) is 4.74. The van der Waals surface area contributed by atoms with Gasteiger partial charge in [0.2, 0.25) is 0 Å². The van der Waals surface area contributed by atoms with E-state index in [4.69, 9.17) is 0 Å². The fourth-order valence-electron chi connectivity index (χ4n) is 1.24. The Kier molecular flexibility index (Phi) is 5.70. The van der Waals surface area contributed by atoms with E-state index in [2.05, 4.69) is 9.24 Å². The van der Waals surface area contributed by atoms with Crippen LogP contribution < -0.4 is 0 Å². The van der Waals surface area contributed by atoms with Gasteiger partial charge in [0.1, 0.15) is 5.52 Å². The molecule has 0 aliphatic carbocycles. The Bertz CT molecular complexity index is 146. The van der Waals surface area contributed by atoms with E-state index >= 15 is 0 Å². The molecule has 2 atom stereocenters. The van der Waals surface area contributed by atoms with Crippen LogP contribution in [-0.2, 0) is 4.79 Å². The highest BCUT2D eigenvalue weighted by Crippen LogP contribution is 2.39. The summed E-state index contributed by atoms with van der Waals surface area (Å²) in [6.45, 7) is 0. The van der Waals surface area contributed by atoms with Crippen molar-refractivity contribution in [2.24, 2.45) is 0 Å². The number of hydrogen-bond acceptors (Lipinski definition) is 3. The molecule has 2 unspecified atom stereocenters. The molecule has 1 heterocycles. The molecule has 0 saturated carbocycles. The van der Waals surface area contributed by atoms with Gasteiger partial charge in [0.25, 0.3) is 0 Å². The summed E-state index contributed by atoms with van der Waals surface area (Å²) in [7, 11) is 6.26. The van der Waals surface area contributed by atoms with Crippen LogP contribution in [0.3, 0.4) is 0 Å². The third-order valence-electron chi connectivity index (χ3n) is 1.93. The fourth-order valence-corrected chi connectivity index (χ4v) is 4.47. The minimum atomic E-state index is 0.253. The van der Waals surface area contributed by atoms with Gasteiger partial charge < -0.3 is 0 Å². The van der Waals surface area contributed by atoms with Gasteiger partial charge in [-0.05, 0) is 19.3 Å². The van der Waals surface area contributed by atoms with E-state index in [1.807, 2.05) is 21.6 Å². The van der Waals surface area contributed by atoms with Crippen LogP contribution in [0.15, 0.2) is 0 Å². The third-order valence-corrected chi connectivity index (χ3v) is 5.22. The monoisotopic (exact) mass is 222 g/mol. The van der Waals surface area contributed by atoms with Crippen LogP contribution in [0.5, 0.6) is 0 Å². The molecule has 1 saturated heterocycles. The Morgan fingerprint density at radius 1 is 1.50 bits per heavy atom. The quantitative estimate of drug-likeness (QED) is 0.404. The summed E-state index contributed by atoms with van der Waals surface area (Å²) in [5, 5.41) is 0.870. The lowest BCUT2D eigenvalue weighted by Gasteiger charge is -2.05. The van der Waals surface area contributed by atoms with E-state index in [0.29, 0.717) is 0 Å². The van der Waals surface area contributed by atoms with Crippen molar-refractivity contribution in [2.75, 3.05) is 5.75 Å². The highest BCUT2D eigenvalue weighted by atomic mass is 33.1. The van der Waals surface area contributed by atoms with Crippen molar-refractivity contribution in [3.8, 4) is 0 Å². The standard InChI is InChI=1S/C8H15OPS2/c9-8(10)4-2-1-3-7-5-6-11-12-7/h7H,1-6,10H2. The van der Waals surface area contributed by atoms with Crippen LogP contribution in [0.25, 0.3) is 0 Å². The zero-order valence-corrected chi connectivity index (χ0v) is 9.91. The van der Waals surface area contributed by atoms with Crippen molar-refractivity contribution in [1.82, 2.24) is 0 Å². The van der Waals surface area contributed by atoms with Gasteiger partial charge in [-0.1, -0.05) is 37.2 Å². The van der Waals surface area contributed by atoms with Gasteiger partial charge in [0, 0.05) is 17.4 Å². The van der Waals surface area contributed by atoms with Crippen LogP contribution in [0.4, 0.5) is 0 Å². The molecule has 0 aromatic heterocycles. The number of hydrogen-bond donors (Lipinski definition) is 0. The van der Waals surface area contributed by atoms with Crippen molar-refractivity contribution >= 4 is 36.4 Å². The summed E-state index contributed by atoms with van der Waals surface area (Å²) < 4.78 is 0. The Morgan fingerprint density at radius 2 is 2.33 bits per heavy atom. The topological polar surface area (TPSA) is 17.1 Å². The molecule has 0 N–H and O–H groups in total. The molecular formula is C8H15OPS2. The van der Waals surface area contributed by atoms with Crippen molar-refractivity contribution in [2.45, 2.75) is 37.4 Å². The number of carbonyl (C=O) groups excluding carboxylic acids is 1. The number of carbonyl (C=O) groups is 1. The fraction of sp³-hybridized carbons (Fsp3) is 0.875. The van der Waals surface area contributed by atoms with Gasteiger partial charge in [-0.15, -0.1) is 0 Å². The van der Waals surface area contributed by atoms with Gasteiger partial charge in [-0.25, -0.2) is 0 Å². The summed E-state index contributed by atoms with van der Waals surface area (Å²) in [4.78, 5) is 10.6. The smallest absolute Gasteiger partial charge is 0.148 e. The molecule has 0 bridgehead atoms. The number of unbranched alkanes of at least 4 members (excludes halogenated alkanes) is 1. The maximum Gasteiger partial charge on any atom is 0.148 e. The molecule has 1 aliphatic heterocycles. The molecule has 1 aliphatic rings. The van der Waals surface area contributed by atoms with Gasteiger partial charge in [-0.3, -0.25) is 4.79 Å². The average molecular weight is 222 g/mol. The molecule has 70 valence electrons. The van der Waals surface area contributed by atoms with Crippen molar-refractivity contribution in [3.05, 3.63) is 0 Å². The van der Waals surface area contributed by atoms with E-state index in [1.54, 1.807) is 0 Å². The summed E-state index contributed by atoms with van der Waals surface area (Å²) in [5.74, 6) is 1.32. The Hall–Kier alpha value is 0.800. The van der Waals surface area contributed by atoms with Gasteiger partial charge >= 0.3 is 0 Å². The molecule has 0 radical (unpaired) electrons. The lowest BCUT2D eigenvalue weighted by Crippen LogP contribution is -1.97. The molecule has 1 fully saturated rings. The van der Waals surface area contributed by atoms with E-state index in [9.17, 15) is 4.79 Å². The first-order valence-corrected chi connectivity index (χ1v) is 7.31. The normalized spacial score (nSPS) is 22.9. The maximum absolute atomic E-state index is 10.6. The molecule has 0 aromatic carbocycles. The minimum absolute atomic E-state index is 0.253. The molecule has 4 heteroatoms. The van der Waals surface area contributed by atoms with Gasteiger partial charge in [0.05, 0.1) is 0 Å². The molecular weight excluding hydrogens is 207 g/mol. The second-order valence-corrected chi connectivity index (χ2v) is 6.47. The van der Waals surface area contributed by atoms with Crippen LogP contribution in [-0.4, -0.2) is 16.5 Å². The predicted molar refractivity (Wildman–Crippen MR) is 61.6 cm³/mol. The first-order chi connectivity index (χ1) is 5.79. The van der Waals surface area contributed by atoms with Crippen LogP contribution in [0.2, 0.25) is 0 Å². The summed E-state index contributed by atoms with van der Waals surface area (Å²) in [5.41, 5.74) is 0.253. The minimum Gasteiger partial charge on any atom is -0.295 e. The first-order valence-electron chi connectivity index (χ1n) is 4.35. The van der Waals surface area contributed by atoms with E-state index in [1.165, 1.54) is 25.0 Å². The highest BCUT2D eigenvalue weighted by Gasteiger charge is 2.15. The van der Waals surface area contributed by atoms with Crippen LogP contribution in [0, 0.1) is 0 Å². The summed E-state index contributed by atoms with van der Waals surface area (Å²) in [6.07, 6.45) is 5.71. The Morgan fingerprint density at radius 3 is 2.92 bits per heavy atom. The highest BCUT2D eigenvalue weighted by molar-refractivity contribution is 8.77. The molecule has 12 heavy (non-hydrogen) atoms. The van der Waals surface area contributed by atoms with E-state index in [-0.39, 0.29) is 5.52 Å². The second-order valence-electron chi connectivity index (χ2n) is 3.04. The molecule has 0 spiro atoms. The molecule has 0 amide bonds. The lowest BCUT2D eigenvalue weighted by molar-refractivity contribution is -0.111. The van der Waals surface area contributed by atoms with E-state index < -0.39 is 0 Å². The Labute approximate surface area is 84.4 Å². The van der Waals surface area contributed by atoms with Crippen LogP contribution in [0.1, 0.15) is 32.1 Å². The SMILES string of the molecule is O=C(P)CCCCC1CCSS1. The zero-order chi connectivity index (χ0) is 8.81. The average Bonchev–Trinajstić information content (AvgIpc) is 2.49. The first kappa shape index (κ1) is 10.9. The lowest BCUT2D eigenvalue weighted by atomic mass is 10.1. The largest absolute Gasteiger partial charge is 0.295 e. The second kappa shape index (κ2) is 6.28. The number of rotatable bonds is 5. The zero-order valence-electron chi connectivity index (χ0n) is 7.12. The van der Waals surface area contributed by atoms with Gasteiger partial charge in [0.15, 0.2) is 0 Å². The van der Waals surface area contributed by atoms with Crippen molar-refractivity contribution < 1.29 is 4.79 Å². The van der Waals surface area contributed by atoms with Crippen LogP contribution >= 0.6 is 30.8 Å².